The minimum Gasteiger partial charge on any atom is -0.362 e. The first-order valence-electron chi connectivity index (χ1n) is 10.7. The van der Waals surface area contributed by atoms with Crippen LogP contribution in [0, 0.1) is 25.2 Å². The first-order valence-corrected chi connectivity index (χ1v) is 10.7. The van der Waals surface area contributed by atoms with Crippen molar-refractivity contribution in [2.45, 2.75) is 53.1 Å². The molecule has 32 heavy (non-hydrogen) atoms. The smallest absolute Gasteiger partial charge is 0.329 e. The van der Waals surface area contributed by atoms with Gasteiger partial charge in [0, 0.05) is 23.4 Å². The fraction of sp³-hybridized carbons (Fsp3) is 0.360. The molecule has 4 aromatic rings. The summed E-state index contributed by atoms with van der Waals surface area (Å²) in [6.07, 6.45) is 0. The molecular weight excluding hydrogens is 400 g/mol. The minimum absolute atomic E-state index is 0.0480. The predicted molar refractivity (Wildman–Crippen MR) is 128 cm³/mol. The van der Waals surface area contributed by atoms with Gasteiger partial charge in [-0.25, -0.2) is 4.79 Å². The lowest BCUT2D eigenvalue weighted by atomic mass is 9.98. The van der Waals surface area contributed by atoms with Crippen molar-refractivity contribution in [3.05, 3.63) is 63.2 Å². The average Bonchev–Trinajstić information content (AvgIpc) is 2.99. The molecule has 2 aromatic heterocycles. The van der Waals surface area contributed by atoms with E-state index in [0.29, 0.717) is 11.4 Å². The Bertz CT molecular complexity index is 1460. The summed E-state index contributed by atoms with van der Waals surface area (Å²) >= 11 is 0. The van der Waals surface area contributed by atoms with Crippen molar-refractivity contribution in [2.24, 2.45) is 7.05 Å². The lowest BCUT2D eigenvalue weighted by molar-refractivity contribution is 0.392. The Labute approximate surface area is 187 Å². The molecule has 0 aliphatic carbocycles. The van der Waals surface area contributed by atoms with E-state index in [1.807, 2.05) is 76.4 Å². The Morgan fingerprint density at radius 3 is 2.44 bits per heavy atom. The van der Waals surface area contributed by atoms with Crippen LogP contribution in [0.2, 0.25) is 0 Å². The maximum Gasteiger partial charge on any atom is 0.329 e. The number of nitriles is 1. The van der Waals surface area contributed by atoms with Crippen LogP contribution in [0.25, 0.3) is 21.8 Å². The molecule has 0 aliphatic heterocycles. The highest BCUT2D eigenvalue weighted by Gasteiger charge is 2.23. The van der Waals surface area contributed by atoms with Crippen molar-refractivity contribution in [1.29, 1.82) is 5.26 Å². The molecule has 1 atom stereocenters. The van der Waals surface area contributed by atoms with E-state index >= 15 is 0 Å². The maximum atomic E-state index is 13.0. The molecule has 0 fully saturated rings. The van der Waals surface area contributed by atoms with E-state index in [0.717, 1.165) is 38.6 Å². The Morgan fingerprint density at radius 1 is 1.09 bits per heavy atom. The first kappa shape index (κ1) is 21.6. The molecule has 164 valence electrons. The number of nitrogens with one attached hydrogen (secondary N) is 1. The van der Waals surface area contributed by atoms with Crippen molar-refractivity contribution >= 4 is 27.6 Å². The van der Waals surface area contributed by atoms with E-state index in [4.69, 9.17) is 0 Å². The zero-order valence-corrected chi connectivity index (χ0v) is 19.6. The number of nitrogens with zero attached hydrogens (tertiary/aromatic N) is 5. The van der Waals surface area contributed by atoms with Gasteiger partial charge in [-0.1, -0.05) is 12.1 Å². The summed E-state index contributed by atoms with van der Waals surface area (Å²) in [5.41, 5.74) is 4.77. The summed E-state index contributed by atoms with van der Waals surface area (Å²) in [7, 11) is 1.80. The first-order chi connectivity index (χ1) is 15.0. The molecule has 0 radical (unpaired) electrons. The number of rotatable bonds is 3. The second kappa shape index (κ2) is 7.49. The molecular formula is C25H28N6O. The second-order valence-electron chi connectivity index (χ2n) is 9.37. The zero-order valence-electron chi connectivity index (χ0n) is 19.6. The van der Waals surface area contributed by atoms with Crippen LogP contribution in [-0.4, -0.2) is 19.3 Å². The summed E-state index contributed by atoms with van der Waals surface area (Å²) < 4.78 is 3.51. The number of benzene rings is 2. The fourth-order valence-corrected chi connectivity index (χ4v) is 4.39. The van der Waals surface area contributed by atoms with Gasteiger partial charge >= 0.3 is 5.69 Å². The Balaban J connectivity index is 1.92. The molecule has 0 aliphatic rings. The summed E-state index contributed by atoms with van der Waals surface area (Å²) in [5, 5.41) is 23.5. The molecule has 2 aromatic carbocycles. The fourth-order valence-electron chi connectivity index (χ4n) is 4.39. The molecule has 7 heteroatoms. The van der Waals surface area contributed by atoms with Crippen molar-refractivity contribution < 1.29 is 0 Å². The van der Waals surface area contributed by atoms with Gasteiger partial charge in [0.25, 0.3) is 0 Å². The SMILES string of the molecule is Cc1c(C#N)cccc1C(C)Nc1nnc(C)c2cc3c(cc12)n(C(C)(C)C)c(=O)n3C. The third-order valence-electron chi connectivity index (χ3n) is 6.13. The van der Waals surface area contributed by atoms with Crippen LogP contribution in [0.4, 0.5) is 5.82 Å². The molecule has 1 N–H and O–H groups in total. The highest BCUT2D eigenvalue weighted by molar-refractivity contribution is 6.01. The molecule has 0 saturated carbocycles. The number of hydrogen-bond acceptors (Lipinski definition) is 5. The van der Waals surface area contributed by atoms with Crippen LogP contribution < -0.4 is 11.0 Å². The number of anilines is 1. The van der Waals surface area contributed by atoms with E-state index in [9.17, 15) is 10.1 Å². The van der Waals surface area contributed by atoms with Gasteiger partial charge in [-0.15, -0.1) is 5.10 Å². The molecule has 4 rings (SSSR count). The van der Waals surface area contributed by atoms with Gasteiger partial charge in [0.1, 0.15) is 0 Å². The Kier molecular flexibility index (Phi) is 5.04. The monoisotopic (exact) mass is 428 g/mol. The van der Waals surface area contributed by atoms with Crippen molar-refractivity contribution in [2.75, 3.05) is 5.32 Å². The normalized spacial score (nSPS) is 12.8. The molecule has 0 amide bonds. The molecule has 0 saturated heterocycles. The standard InChI is InChI=1S/C25H28N6O/c1-14-17(13-26)9-8-10-18(14)15(2)27-23-20-12-22-21(11-19(20)16(3)28-29-23)30(7)24(32)31(22)25(4,5)6/h8-12,15H,1-7H3,(H,27,29). The second-order valence-corrected chi connectivity index (χ2v) is 9.37. The minimum atomic E-state index is -0.366. The highest BCUT2D eigenvalue weighted by atomic mass is 16.1. The van der Waals surface area contributed by atoms with Crippen LogP contribution in [-0.2, 0) is 12.6 Å². The van der Waals surface area contributed by atoms with Crippen molar-refractivity contribution in [1.82, 2.24) is 19.3 Å². The molecule has 0 spiro atoms. The van der Waals surface area contributed by atoms with Crippen LogP contribution >= 0.6 is 0 Å². The predicted octanol–water partition coefficient (Wildman–Crippen LogP) is 4.70. The number of imidazole rings is 1. The molecule has 0 bridgehead atoms. The van der Waals surface area contributed by atoms with Crippen molar-refractivity contribution in [3.8, 4) is 6.07 Å². The van der Waals surface area contributed by atoms with Gasteiger partial charge in [-0.3, -0.25) is 9.13 Å². The maximum absolute atomic E-state index is 13.0. The van der Waals surface area contributed by atoms with Crippen molar-refractivity contribution in [3.63, 3.8) is 0 Å². The molecule has 2 heterocycles. The number of hydrogen-bond donors (Lipinski definition) is 1. The topological polar surface area (TPSA) is 88.5 Å². The van der Waals surface area contributed by atoms with E-state index in [2.05, 4.69) is 21.6 Å². The van der Waals surface area contributed by atoms with Crippen LogP contribution in [0.15, 0.2) is 35.1 Å². The lowest BCUT2D eigenvalue weighted by Crippen LogP contribution is -2.34. The number of aryl methyl sites for hydroxylation is 2. The van der Waals surface area contributed by atoms with Gasteiger partial charge in [-0.2, -0.15) is 10.4 Å². The molecule has 1 unspecified atom stereocenters. The van der Waals surface area contributed by atoms with E-state index in [1.54, 1.807) is 11.6 Å². The Morgan fingerprint density at radius 2 is 1.78 bits per heavy atom. The van der Waals surface area contributed by atoms with Gasteiger partial charge in [0.2, 0.25) is 0 Å². The quantitative estimate of drug-likeness (QED) is 0.511. The molecule has 7 nitrogen and oxygen atoms in total. The van der Waals surface area contributed by atoms with Crippen LogP contribution in [0.3, 0.4) is 0 Å². The number of fused-ring (bicyclic) bond motifs is 2. The third kappa shape index (κ3) is 3.32. The zero-order chi connectivity index (χ0) is 23.4. The Hall–Kier alpha value is -3.66. The van der Waals surface area contributed by atoms with Gasteiger partial charge < -0.3 is 5.32 Å². The van der Waals surface area contributed by atoms with E-state index in [1.165, 1.54) is 0 Å². The summed E-state index contributed by atoms with van der Waals surface area (Å²) in [5.74, 6) is 0.651. The van der Waals surface area contributed by atoms with Crippen LogP contribution in [0.1, 0.15) is 56.1 Å². The van der Waals surface area contributed by atoms with E-state index in [-0.39, 0.29) is 17.3 Å². The summed E-state index contributed by atoms with van der Waals surface area (Å²) in [6.45, 7) is 12.0. The summed E-state index contributed by atoms with van der Waals surface area (Å²) in [6, 6.07) is 12.0. The number of aromatic nitrogens is 4. The largest absolute Gasteiger partial charge is 0.362 e. The highest BCUT2D eigenvalue weighted by Crippen LogP contribution is 2.32. The lowest BCUT2D eigenvalue weighted by Gasteiger charge is -2.21. The van der Waals surface area contributed by atoms with Crippen LogP contribution in [0.5, 0.6) is 0 Å². The average molecular weight is 429 g/mol. The van der Waals surface area contributed by atoms with Gasteiger partial charge in [0.15, 0.2) is 5.82 Å². The summed E-state index contributed by atoms with van der Waals surface area (Å²) in [4.78, 5) is 13.0. The third-order valence-corrected chi connectivity index (χ3v) is 6.13. The van der Waals surface area contributed by atoms with Gasteiger partial charge in [-0.05, 0) is 70.9 Å². The van der Waals surface area contributed by atoms with Gasteiger partial charge in [0.05, 0.1) is 34.4 Å². The van der Waals surface area contributed by atoms with E-state index < -0.39 is 0 Å².